The Morgan fingerprint density at radius 1 is 1.04 bits per heavy atom. The minimum atomic E-state index is 0.437. The summed E-state index contributed by atoms with van der Waals surface area (Å²) in [5.41, 5.74) is 2.02. The van der Waals surface area contributed by atoms with Crippen LogP contribution in [0, 0.1) is 11.8 Å². The van der Waals surface area contributed by atoms with E-state index in [1.165, 1.54) is 70.6 Å². The lowest BCUT2D eigenvalue weighted by Crippen LogP contribution is -2.39. The van der Waals surface area contributed by atoms with E-state index in [4.69, 9.17) is 4.74 Å². The average molecular weight is 341 g/mol. The van der Waals surface area contributed by atoms with Crippen LogP contribution in [-0.2, 0) is 5.41 Å². The molecule has 138 valence electrons. The molecule has 0 aliphatic heterocycles. The summed E-state index contributed by atoms with van der Waals surface area (Å²) in [6, 6.07) is 9.08. The molecule has 2 aliphatic rings. The number of benzene rings is 1. The van der Waals surface area contributed by atoms with E-state index in [9.17, 15) is 0 Å². The van der Waals surface area contributed by atoms with Gasteiger partial charge in [-0.2, -0.15) is 0 Å². The Bertz CT molecular complexity index is 516. The number of hydrogen-bond acceptors (Lipinski definition) is 1. The van der Waals surface area contributed by atoms with Crippen LogP contribution in [0.15, 0.2) is 36.9 Å². The van der Waals surface area contributed by atoms with Gasteiger partial charge in [0.05, 0.1) is 0 Å². The van der Waals surface area contributed by atoms with Crippen molar-refractivity contribution >= 4 is 0 Å². The van der Waals surface area contributed by atoms with Gasteiger partial charge in [0.15, 0.2) is 0 Å². The molecule has 0 atom stereocenters. The van der Waals surface area contributed by atoms with E-state index >= 15 is 0 Å². The van der Waals surface area contributed by atoms with Gasteiger partial charge in [-0.1, -0.05) is 76.7 Å². The molecule has 0 bridgehead atoms. The van der Waals surface area contributed by atoms with E-state index < -0.39 is 0 Å². The summed E-state index contributed by atoms with van der Waals surface area (Å²) < 4.78 is 5.70. The third-order valence-electron chi connectivity index (χ3n) is 6.87. The Morgan fingerprint density at radius 3 is 2.32 bits per heavy atom. The standard InChI is InChI=1S/C24H36O/c1-3-8-20-9-11-21(12-10-20)24(17-6-5-7-18-24)22-13-15-23(16-14-22)25-19-4-2/h4,13-16,20-21H,2-3,5-12,17-19H2,1H3. The first-order valence-electron chi connectivity index (χ1n) is 10.6. The summed E-state index contributed by atoms with van der Waals surface area (Å²) in [7, 11) is 0. The van der Waals surface area contributed by atoms with Crippen molar-refractivity contribution in [2.24, 2.45) is 11.8 Å². The van der Waals surface area contributed by atoms with Gasteiger partial charge in [-0.15, -0.1) is 0 Å². The van der Waals surface area contributed by atoms with Crippen molar-refractivity contribution in [2.75, 3.05) is 6.61 Å². The van der Waals surface area contributed by atoms with Crippen LogP contribution in [0.2, 0.25) is 0 Å². The highest BCUT2D eigenvalue weighted by Gasteiger charge is 2.42. The van der Waals surface area contributed by atoms with Gasteiger partial charge in [0.25, 0.3) is 0 Å². The molecule has 1 aromatic carbocycles. The lowest BCUT2D eigenvalue weighted by Gasteiger charge is -2.47. The molecule has 2 fully saturated rings. The van der Waals surface area contributed by atoms with Crippen LogP contribution in [0.3, 0.4) is 0 Å². The van der Waals surface area contributed by atoms with Gasteiger partial charge in [-0.05, 0) is 60.6 Å². The van der Waals surface area contributed by atoms with Crippen LogP contribution < -0.4 is 4.74 Å². The van der Waals surface area contributed by atoms with E-state index in [1.807, 2.05) is 6.08 Å². The lowest BCUT2D eigenvalue weighted by atomic mass is 9.57. The van der Waals surface area contributed by atoms with Gasteiger partial charge >= 0.3 is 0 Å². The maximum absolute atomic E-state index is 5.70. The average Bonchev–Trinajstić information content (AvgIpc) is 2.68. The van der Waals surface area contributed by atoms with Crippen molar-refractivity contribution in [1.82, 2.24) is 0 Å². The molecule has 2 saturated carbocycles. The van der Waals surface area contributed by atoms with Crippen molar-refractivity contribution in [3.05, 3.63) is 42.5 Å². The fourth-order valence-corrected chi connectivity index (χ4v) is 5.57. The summed E-state index contributed by atoms with van der Waals surface area (Å²) in [5.74, 6) is 2.86. The highest BCUT2D eigenvalue weighted by atomic mass is 16.5. The quantitative estimate of drug-likeness (QED) is 0.483. The van der Waals surface area contributed by atoms with E-state index in [-0.39, 0.29) is 0 Å². The zero-order valence-corrected chi connectivity index (χ0v) is 16.1. The zero-order chi connectivity index (χ0) is 17.5. The summed E-state index contributed by atoms with van der Waals surface area (Å²) >= 11 is 0. The predicted octanol–water partition coefficient (Wildman–Crippen LogP) is 7.06. The van der Waals surface area contributed by atoms with Crippen molar-refractivity contribution in [1.29, 1.82) is 0 Å². The van der Waals surface area contributed by atoms with Gasteiger partial charge in [0, 0.05) is 0 Å². The molecule has 1 aromatic rings. The van der Waals surface area contributed by atoms with E-state index in [1.54, 1.807) is 5.56 Å². The third kappa shape index (κ3) is 4.30. The molecular formula is C24H36O. The molecule has 0 spiro atoms. The molecule has 2 aliphatic carbocycles. The van der Waals surface area contributed by atoms with Gasteiger partial charge in [0.2, 0.25) is 0 Å². The molecule has 0 N–H and O–H groups in total. The van der Waals surface area contributed by atoms with Crippen molar-refractivity contribution in [3.63, 3.8) is 0 Å². The Balaban J connectivity index is 1.75. The summed E-state index contributed by atoms with van der Waals surface area (Å²) in [5, 5.41) is 0. The van der Waals surface area contributed by atoms with Crippen LogP contribution in [0.4, 0.5) is 0 Å². The summed E-state index contributed by atoms with van der Waals surface area (Å²) in [6.45, 7) is 6.66. The molecule has 0 heterocycles. The summed E-state index contributed by atoms with van der Waals surface area (Å²) in [4.78, 5) is 0. The smallest absolute Gasteiger partial charge is 0.119 e. The largest absolute Gasteiger partial charge is 0.490 e. The number of hydrogen-bond donors (Lipinski definition) is 0. The first-order valence-corrected chi connectivity index (χ1v) is 10.6. The molecule has 0 amide bonds. The topological polar surface area (TPSA) is 9.23 Å². The van der Waals surface area contributed by atoms with Gasteiger partial charge in [0.1, 0.15) is 12.4 Å². The van der Waals surface area contributed by atoms with E-state index in [0.717, 1.165) is 17.6 Å². The van der Waals surface area contributed by atoms with Crippen molar-refractivity contribution in [3.8, 4) is 5.75 Å². The molecule has 0 saturated heterocycles. The second kappa shape index (κ2) is 8.92. The van der Waals surface area contributed by atoms with Crippen LogP contribution in [0.5, 0.6) is 5.75 Å². The first-order chi connectivity index (χ1) is 12.3. The molecule has 0 radical (unpaired) electrons. The van der Waals surface area contributed by atoms with E-state index in [0.29, 0.717) is 12.0 Å². The van der Waals surface area contributed by atoms with Gasteiger partial charge in [-0.3, -0.25) is 0 Å². The monoisotopic (exact) mass is 340 g/mol. The minimum absolute atomic E-state index is 0.437. The van der Waals surface area contributed by atoms with E-state index in [2.05, 4.69) is 37.8 Å². The van der Waals surface area contributed by atoms with Crippen LogP contribution >= 0.6 is 0 Å². The second-order valence-electron chi connectivity index (χ2n) is 8.35. The molecule has 0 aromatic heterocycles. The van der Waals surface area contributed by atoms with Gasteiger partial charge < -0.3 is 4.74 Å². The SMILES string of the molecule is C=CCOc1ccc(C2(C3CCC(CCC)CC3)CCCCC2)cc1. The number of ether oxygens (including phenoxy) is 1. The number of rotatable bonds is 7. The zero-order valence-electron chi connectivity index (χ0n) is 16.1. The molecule has 1 heteroatoms. The maximum atomic E-state index is 5.70. The molecule has 3 rings (SSSR count). The Kier molecular flexibility index (Phi) is 6.62. The Hall–Kier alpha value is -1.24. The summed E-state index contributed by atoms with van der Waals surface area (Å²) in [6.07, 6.45) is 17.4. The lowest BCUT2D eigenvalue weighted by molar-refractivity contribution is 0.125. The molecular weight excluding hydrogens is 304 g/mol. The van der Waals surface area contributed by atoms with Crippen LogP contribution in [0.1, 0.15) is 83.1 Å². The minimum Gasteiger partial charge on any atom is -0.490 e. The Labute approximate surface area is 154 Å². The normalized spacial score (nSPS) is 26.1. The highest BCUT2D eigenvalue weighted by Crippen LogP contribution is 2.51. The molecule has 1 nitrogen and oxygen atoms in total. The maximum Gasteiger partial charge on any atom is 0.119 e. The highest BCUT2D eigenvalue weighted by molar-refractivity contribution is 5.34. The molecule has 25 heavy (non-hydrogen) atoms. The second-order valence-corrected chi connectivity index (χ2v) is 8.35. The molecule has 0 unspecified atom stereocenters. The fraction of sp³-hybridized carbons (Fsp3) is 0.667. The third-order valence-corrected chi connectivity index (χ3v) is 6.87. The van der Waals surface area contributed by atoms with Crippen LogP contribution in [0.25, 0.3) is 0 Å². The Morgan fingerprint density at radius 2 is 1.72 bits per heavy atom. The van der Waals surface area contributed by atoms with Crippen molar-refractivity contribution < 1.29 is 4.74 Å². The van der Waals surface area contributed by atoms with Crippen LogP contribution in [-0.4, -0.2) is 6.61 Å². The predicted molar refractivity (Wildman–Crippen MR) is 107 cm³/mol. The van der Waals surface area contributed by atoms with Gasteiger partial charge in [-0.25, -0.2) is 0 Å². The first kappa shape index (κ1) is 18.5. The fourth-order valence-electron chi connectivity index (χ4n) is 5.57. The van der Waals surface area contributed by atoms with Crippen molar-refractivity contribution in [2.45, 2.75) is 83.0 Å².